The van der Waals surface area contributed by atoms with Crippen molar-refractivity contribution in [3.8, 4) is 17.0 Å². The van der Waals surface area contributed by atoms with E-state index < -0.39 is 0 Å². The van der Waals surface area contributed by atoms with E-state index in [0.717, 1.165) is 59.6 Å². The number of piperazine rings is 1. The van der Waals surface area contributed by atoms with Gasteiger partial charge in [-0.25, -0.2) is 4.98 Å². The maximum atomic E-state index is 6.35. The molecule has 0 saturated carbocycles. The Morgan fingerprint density at radius 2 is 1.61 bits per heavy atom. The van der Waals surface area contributed by atoms with Crippen molar-refractivity contribution in [2.24, 2.45) is 0 Å². The van der Waals surface area contributed by atoms with Crippen molar-refractivity contribution in [2.75, 3.05) is 48.8 Å². The van der Waals surface area contributed by atoms with E-state index in [1.165, 1.54) is 0 Å². The third-order valence-electron chi connectivity index (χ3n) is 5.05. The number of nitrogens with zero attached hydrogens (tertiary/aromatic N) is 3. The Labute approximate surface area is 170 Å². The molecule has 1 aromatic heterocycles. The first kappa shape index (κ1) is 18.4. The van der Waals surface area contributed by atoms with Gasteiger partial charge in [0.1, 0.15) is 11.6 Å². The van der Waals surface area contributed by atoms with E-state index in [-0.39, 0.29) is 0 Å². The number of nitrogen functional groups attached to an aromatic ring is 1. The first-order chi connectivity index (χ1) is 13.6. The molecular formula is C22H23ClN4O. The van der Waals surface area contributed by atoms with Gasteiger partial charge in [-0.3, -0.25) is 0 Å². The van der Waals surface area contributed by atoms with Crippen molar-refractivity contribution < 1.29 is 4.74 Å². The van der Waals surface area contributed by atoms with Crippen LogP contribution in [0.25, 0.3) is 11.3 Å². The average Bonchev–Trinajstić information content (AvgIpc) is 2.74. The average molecular weight is 395 g/mol. The lowest BCUT2D eigenvalue weighted by Gasteiger charge is -2.37. The van der Waals surface area contributed by atoms with Crippen molar-refractivity contribution in [3.63, 3.8) is 0 Å². The smallest absolute Gasteiger partial charge is 0.126 e. The van der Waals surface area contributed by atoms with E-state index >= 15 is 0 Å². The molecule has 0 amide bonds. The maximum Gasteiger partial charge on any atom is 0.126 e. The fraction of sp³-hybridized carbons (Fsp3) is 0.227. The van der Waals surface area contributed by atoms with E-state index in [1.807, 2.05) is 48.5 Å². The summed E-state index contributed by atoms with van der Waals surface area (Å²) in [5, 5.41) is 0.797. The Balaban J connectivity index is 1.52. The second-order valence-corrected chi connectivity index (χ2v) is 7.20. The first-order valence-electron chi connectivity index (χ1n) is 9.30. The molecular weight excluding hydrogens is 372 g/mol. The molecule has 0 atom stereocenters. The van der Waals surface area contributed by atoms with Crippen molar-refractivity contribution >= 4 is 28.8 Å². The Morgan fingerprint density at radius 1 is 0.929 bits per heavy atom. The zero-order chi connectivity index (χ0) is 19.5. The predicted octanol–water partition coefficient (Wildman–Crippen LogP) is 4.32. The van der Waals surface area contributed by atoms with Crippen molar-refractivity contribution in [1.29, 1.82) is 0 Å². The summed E-state index contributed by atoms with van der Waals surface area (Å²) in [5.74, 6) is 1.35. The molecule has 5 nitrogen and oxygen atoms in total. The lowest BCUT2D eigenvalue weighted by molar-refractivity contribution is 0.415. The Hall–Kier alpha value is -2.92. The minimum atomic E-state index is 0.525. The molecule has 3 aromatic rings. The second-order valence-electron chi connectivity index (χ2n) is 6.79. The molecule has 0 bridgehead atoms. The summed E-state index contributed by atoms with van der Waals surface area (Å²) in [4.78, 5) is 9.18. The van der Waals surface area contributed by atoms with Gasteiger partial charge in [-0.05, 0) is 42.5 Å². The number of benzene rings is 2. The van der Waals surface area contributed by atoms with Crippen LogP contribution in [0.1, 0.15) is 0 Å². The molecule has 2 N–H and O–H groups in total. The zero-order valence-corrected chi connectivity index (χ0v) is 16.6. The van der Waals surface area contributed by atoms with E-state index in [4.69, 9.17) is 22.1 Å². The second kappa shape index (κ2) is 7.98. The van der Waals surface area contributed by atoms with Crippen LogP contribution in [-0.2, 0) is 0 Å². The SMILES string of the molecule is COc1ccc(-c2cc(N3CCN(c4ccccc4Cl)CC3)cc(N)n2)cc1. The molecule has 1 aliphatic heterocycles. The molecule has 0 unspecified atom stereocenters. The molecule has 6 heteroatoms. The number of rotatable bonds is 4. The summed E-state index contributed by atoms with van der Waals surface area (Å²) in [6.07, 6.45) is 0. The van der Waals surface area contributed by atoms with Crippen LogP contribution in [0.4, 0.5) is 17.2 Å². The molecule has 144 valence electrons. The number of hydrogen-bond donors (Lipinski definition) is 1. The Morgan fingerprint density at radius 3 is 2.29 bits per heavy atom. The molecule has 2 heterocycles. The molecule has 4 rings (SSSR count). The minimum Gasteiger partial charge on any atom is -0.497 e. The van der Waals surface area contributed by atoms with Gasteiger partial charge in [0.2, 0.25) is 0 Å². The van der Waals surface area contributed by atoms with Gasteiger partial charge >= 0.3 is 0 Å². The van der Waals surface area contributed by atoms with Gasteiger partial charge in [-0.2, -0.15) is 0 Å². The normalized spacial score (nSPS) is 14.2. The number of para-hydroxylation sites is 1. The van der Waals surface area contributed by atoms with E-state index in [0.29, 0.717) is 5.82 Å². The summed E-state index contributed by atoms with van der Waals surface area (Å²) in [6.45, 7) is 3.61. The highest BCUT2D eigenvalue weighted by atomic mass is 35.5. The molecule has 0 radical (unpaired) electrons. The molecule has 1 aliphatic rings. The third-order valence-corrected chi connectivity index (χ3v) is 5.37. The van der Waals surface area contributed by atoms with Gasteiger partial charge in [0.15, 0.2) is 0 Å². The third kappa shape index (κ3) is 3.85. The molecule has 2 aromatic carbocycles. The highest BCUT2D eigenvalue weighted by molar-refractivity contribution is 6.33. The van der Waals surface area contributed by atoms with Crippen LogP contribution in [0, 0.1) is 0 Å². The lowest BCUT2D eigenvalue weighted by atomic mass is 10.1. The molecule has 1 fully saturated rings. The van der Waals surface area contributed by atoms with Crippen molar-refractivity contribution in [3.05, 3.63) is 65.7 Å². The molecule has 0 spiro atoms. The summed E-state index contributed by atoms with van der Waals surface area (Å²) in [5.41, 5.74) is 10.2. The number of hydrogen-bond acceptors (Lipinski definition) is 5. The Bertz CT molecular complexity index is 953. The van der Waals surface area contributed by atoms with Gasteiger partial charge in [0, 0.05) is 43.5 Å². The quantitative estimate of drug-likeness (QED) is 0.714. The van der Waals surface area contributed by atoms with E-state index in [1.54, 1.807) is 7.11 Å². The number of halogens is 1. The standard InChI is InChI=1S/C22H23ClN4O/c1-28-18-8-6-16(7-9-18)20-14-17(15-22(24)25-20)26-10-12-27(13-11-26)21-5-3-2-4-19(21)23/h2-9,14-15H,10-13H2,1H3,(H2,24,25). The van der Waals surface area contributed by atoms with Crippen molar-refractivity contribution in [1.82, 2.24) is 4.98 Å². The fourth-order valence-electron chi connectivity index (χ4n) is 3.54. The largest absolute Gasteiger partial charge is 0.497 e. The molecule has 28 heavy (non-hydrogen) atoms. The lowest BCUT2D eigenvalue weighted by Crippen LogP contribution is -2.46. The summed E-state index contributed by atoms with van der Waals surface area (Å²) in [7, 11) is 1.66. The summed E-state index contributed by atoms with van der Waals surface area (Å²) < 4.78 is 5.24. The van der Waals surface area contributed by atoms with Gasteiger partial charge in [0.25, 0.3) is 0 Å². The maximum absolute atomic E-state index is 6.35. The van der Waals surface area contributed by atoms with E-state index in [9.17, 15) is 0 Å². The van der Waals surface area contributed by atoms with Crippen LogP contribution in [0.15, 0.2) is 60.7 Å². The highest BCUT2D eigenvalue weighted by Gasteiger charge is 2.20. The molecule has 0 aliphatic carbocycles. The highest BCUT2D eigenvalue weighted by Crippen LogP contribution is 2.30. The Kier molecular flexibility index (Phi) is 5.26. The number of anilines is 3. The predicted molar refractivity (Wildman–Crippen MR) is 117 cm³/mol. The van der Waals surface area contributed by atoms with Gasteiger partial charge in [0.05, 0.1) is 23.5 Å². The van der Waals surface area contributed by atoms with Crippen molar-refractivity contribution in [2.45, 2.75) is 0 Å². The summed E-state index contributed by atoms with van der Waals surface area (Å²) >= 11 is 6.35. The van der Waals surface area contributed by atoms with Crippen LogP contribution in [0.3, 0.4) is 0 Å². The zero-order valence-electron chi connectivity index (χ0n) is 15.8. The first-order valence-corrected chi connectivity index (χ1v) is 9.68. The topological polar surface area (TPSA) is 54.6 Å². The van der Waals surface area contributed by atoms with Gasteiger partial charge < -0.3 is 20.3 Å². The van der Waals surface area contributed by atoms with Gasteiger partial charge in [-0.1, -0.05) is 23.7 Å². The number of pyridine rings is 1. The monoisotopic (exact) mass is 394 g/mol. The summed E-state index contributed by atoms with van der Waals surface area (Å²) in [6, 6.07) is 19.9. The fourth-order valence-corrected chi connectivity index (χ4v) is 3.80. The number of aromatic nitrogens is 1. The molecule has 1 saturated heterocycles. The van der Waals surface area contributed by atoms with Crippen LogP contribution in [0.5, 0.6) is 5.75 Å². The van der Waals surface area contributed by atoms with Crippen LogP contribution in [-0.4, -0.2) is 38.3 Å². The number of nitrogens with two attached hydrogens (primary N) is 1. The van der Waals surface area contributed by atoms with Crippen LogP contribution in [0.2, 0.25) is 5.02 Å². The number of ether oxygens (including phenoxy) is 1. The van der Waals surface area contributed by atoms with Crippen LogP contribution >= 0.6 is 11.6 Å². The van der Waals surface area contributed by atoms with E-state index in [2.05, 4.69) is 26.9 Å². The van der Waals surface area contributed by atoms with Gasteiger partial charge in [-0.15, -0.1) is 0 Å². The minimum absolute atomic E-state index is 0.525. The number of methoxy groups -OCH3 is 1. The van der Waals surface area contributed by atoms with Crippen LogP contribution < -0.4 is 20.3 Å².